The number of para-hydroxylation sites is 1. The first-order valence-electron chi connectivity index (χ1n) is 7.18. The minimum absolute atomic E-state index is 0.0531. The molecule has 0 aliphatic carbocycles. The molecule has 0 amide bonds. The Hall–Kier alpha value is -1.35. The third-order valence-corrected chi connectivity index (χ3v) is 3.12. The Bertz CT molecular complexity index is 377. The van der Waals surface area contributed by atoms with E-state index in [9.17, 15) is 4.79 Å². The number of ketones is 1. The highest BCUT2D eigenvalue weighted by atomic mass is 16.5. The quantitative estimate of drug-likeness (QED) is 0.518. The minimum atomic E-state index is 0.0531. The topological polar surface area (TPSA) is 52.3 Å². The van der Waals surface area contributed by atoms with Gasteiger partial charge in [-0.15, -0.1) is 0 Å². The number of hydrogen-bond donors (Lipinski definition) is 1. The second kappa shape index (κ2) is 9.56. The van der Waals surface area contributed by atoms with E-state index in [1.165, 1.54) is 25.7 Å². The molecule has 3 heteroatoms. The van der Waals surface area contributed by atoms with Crippen molar-refractivity contribution in [2.75, 3.05) is 13.2 Å². The van der Waals surface area contributed by atoms with Crippen LogP contribution in [-0.2, 0) is 0 Å². The van der Waals surface area contributed by atoms with Gasteiger partial charge in [0, 0.05) is 0 Å². The maximum atomic E-state index is 11.4. The van der Waals surface area contributed by atoms with E-state index in [-0.39, 0.29) is 5.78 Å². The predicted molar refractivity (Wildman–Crippen MR) is 78.7 cm³/mol. The zero-order chi connectivity index (χ0) is 13.9. The maximum Gasteiger partial charge on any atom is 0.163 e. The Kier molecular flexibility index (Phi) is 7.91. The van der Waals surface area contributed by atoms with E-state index >= 15 is 0 Å². The number of unbranched alkanes of at least 4 members (excludes halogenated alkanes) is 5. The van der Waals surface area contributed by atoms with Crippen LogP contribution >= 0.6 is 0 Å². The number of rotatable bonds is 10. The van der Waals surface area contributed by atoms with Crippen LogP contribution in [0.2, 0.25) is 0 Å². The standard InChI is InChI=1S/C16H25NO2/c1-14(18)15-10-6-7-11-16(15)19-13-9-5-3-2-4-8-12-17/h6-7,10-11H,2-5,8-9,12-13,17H2,1H3. The molecule has 0 unspecified atom stereocenters. The molecule has 1 aromatic carbocycles. The van der Waals surface area contributed by atoms with Gasteiger partial charge in [-0.3, -0.25) is 4.79 Å². The zero-order valence-electron chi connectivity index (χ0n) is 11.9. The second-order valence-electron chi connectivity index (χ2n) is 4.81. The summed E-state index contributed by atoms with van der Waals surface area (Å²) >= 11 is 0. The molecule has 106 valence electrons. The van der Waals surface area contributed by atoms with Gasteiger partial charge >= 0.3 is 0 Å². The lowest BCUT2D eigenvalue weighted by molar-refractivity contribution is 0.101. The van der Waals surface area contributed by atoms with Crippen molar-refractivity contribution in [1.29, 1.82) is 0 Å². The third kappa shape index (κ3) is 6.39. The fraction of sp³-hybridized carbons (Fsp3) is 0.562. The monoisotopic (exact) mass is 263 g/mol. The highest BCUT2D eigenvalue weighted by Crippen LogP contribution is 2.18. The molecule has 2 N–H and O–H groups in total. The van der Waals surface area contributed by atoms with Gasteiger partial charge in [-0.1, -0.05) is 37.8 Å². The molecule has 0 fully saturated rings. The van der Waals surface area contributed by atoms with Gasteiger partial charge in [-0.2, -0.15) is 0 Å². The fourth-order valence-corrected chi connectivity index (χ4v) is 2.02. The molecule has 0 aliphatic heterocycles. The Morgan fingerprint density at radius 2 is 1.68 bits per heavy atom. The molecular formula is C16H25NO2. The zero-order valence-corrected chi connectivity index (χ0v) is 11.9. The Balaban J connectivity index is 2.17. The van der Waals surface area contributed by atoms with Crippen molar-refractivity contribution in [1.82, 2.24) is 0 Å². The first kappa shape index (κ1) is 15.7. The molecule has 0 spiro atoms. The molecule has 3 nitrogen and oxygen atoms in total. The normalized spacial score (nSPS) is 10.4. The van der Waals surface area contributed by atoms with E-state index in [0.717, 1.165) is 19.4 Å². The highest BCUT2D eigenvalue weighted by molar-refractivity contribution is 5.96. The number of nitrogens with two attached hydrogens (primary N) is 1. The lowest BCUT2D eigenvalue weighted by Gasteiger charge is -2.09. The third-order valence-electron chi connectivity index (χ3n) is 3.12. The van der Waals surface area contributed by atoms with Crippen molar-refractivity contribution < 1.29 is 9.53 Å². The molecule has 0 aromatic heterocycles. The summed E-state index contributed by atoms with van der Waals surface area (Å²) in [6.45, 7) is 3.05. The largest absolute Gasteiger partial charge is 0.493 e. The summed E-state index contributed by atoms with van der Waals surface area (Å²) in [4.78, 5) is 11.4. The lowest BCUT2D eigenvalue weighted by Crippen LogP contribution is -2.02. The van der Waals surface area contributed by atoms with Gasteiger partial charge in [-0.25, -0.2) is 0 Å². The molecule has 0 atom stereocenters. The van der Waals surface area contributed by atoms with E-state index in [0.29, 0.717) is 17.9 Å². The summed E-state index contributed by atoms with van der Waals surface area (Å²) in [5.74, 6) is 0.760. The maximum absolute atomic E-state index is 11.4. The number of hydrogen-bond acceptors (Lipinski definition) is 3. The van der Waals surface area contributed by atoms with Crippen molar-refractivity contribution in [2.45, 2.75) is 45.4 Å². The first-order valence-corrected chi connectivity index (χ1v) is 7.18. The van der Waals surface area contributed by atoms with Gasteiger partial charge in [0.15, 0.2) is 5.78 Å². The van der Waals surface area contributed by atoms with Crippen LogP contribution in [0.5, 0.6) is 5.75 Å². The summed E-state index contributed by atoms with van der Waals surface area (Å²) in [5.41, 5.74) is 6.12. The summed E-state index contributed by atoms with van der Waals surface area (Å²) in [7, 11) is 0. The van der Waals surface area contributed by atoms with Crippen LogP contribution in [-0.4, -0.2) is 18.9 Å². The van der Waals surface area contributed by atoms with Crippen molar-refractivity contribution in [3.63, 3.8) is 0 Å². The minimum Gasteiger partial charge on any atom is -0.493 e. The Morgan fingerprint density at radius 1 is 1.05 bits per heavy atom. The number of carbonyl (C=O) groups excluding carboxylic acids is 1. The van der Waals surface area contributed by atoms with Gasteiger partial charge in [-0.05, 0) is 38.4 Å². The summed E-state index contributed by atoms with van der Waals surface area (Å²) in [5, 5.41) is 0. The van der Waals surface area contributed by atoms with Crippen LogP contribution in [0.25, 0.3) is 0 Å². The van der Waals surface area contributed by atoms with Crippen LogP contribution in [0.15, 0.2) is 24.3 Å². The van der Waals surface area contributed by atoms with E-state index < -0.39 is 0 Å². The van der Waals surface area contributed by atoms with Crippen LogP contribution in [0.3, 0.4) is 0 Å². The number of carbonyl (C=O) groups is 1. The van der Waals surface area contributed by atoms with Crippen molar-refractivity contribution in [3.8, 4) is 5.75 Å². The highest BCUT2D eigenvalue weighted by Gasteiger charge is 2.06. The summed E-state index contributed by atoms with van der Waals surface area (Å²) < 4.78 is 5.69. The lowest BCUT2D eigenvalue weighted by atomic mass is 10.1. The van der Waals surface area contributed by atoms with E-state index in [1.54, 1.807) is 6.92 Å². The molecule has 1 rings (SSSR count). The van der Waals surface area contributed by atoms with E-state index in [1.807, 2.05) is 24.3 Å². The average molecular weight is 263 g/mol. The molecule has 0 heterocycles. The number of benzene rings is 1. The number of Topliss-reactive ketones (excluding diaryl/α,β-unsaturated/α-hetero) is 1. The van der Waals surface area contributed by atoms with E-state index in [4.69, 9.17) is 10.5 Å². The fourth-order valence-electron chi connectivity index (χ4n) is 2.02. The van der Waals surface area contributed by atoms with Crippen LogP contribution in [0.1, 0.15) is 55.8 Å². The molecule has 0 saturated heterocycles. The molecule has 0 bridgehead atoms. The molecule has 0 saturated carbocycles. The van der Waals surface area contributed by atoms with Gasteiger partial charge in [0.2, 0.25) is 0 Å². The van der Waals surface area contributed by atoms with Crippen LogP contribution in [0, 0.1) is 0 Å². The molecule has 0 radical (unpaired) electrons. The SMILES string of the molecule is CC(=O)c1ccccc1OCCCCCCCCN. The van der Waals surface area contributed by atoms with Gasteiger partial charge in [0.05, 0.1) is 12.2 Å². The molecule has 19 heavy (non-hydrogen) atoms. The molecule has 1 aromatic rings. The number of ether oxygens (including phenoxy) is 1. The Morgan fingerprint density at radius 3 is 2.37 bits per heavy atom. The van der Waals surface area contributed by atoms with Crippen molar-refractivity contribution >= 4 is 5.78 Å². The first-order chi connectivity index (χ1) is 9.25. The summed E-state index contributed by atoms with van der Waals surface area (Å²) in [6.07, 6.45) is 7.05. The Labute approximate surface area is 116 Å². The second-order valence-corrected chi connectivity index (χ2v) is 4.81. The van der Waals surface area contributed by atoms with Gasteiger partial charge < -0.3 is 10.5 Å². The smallest absolute Gasteiger partial charge is 0.163 e. The molecule has 0 aliphatic rings. The van der Waals surface area contributed by atoms with Crippen molar-refractivity contribution in [2.24, 2.45) is 5.73 Å². The van der Waals surface area contributed by atoms with Gasteiger partial charge in [0.1, 0.15) is 5.75 Å². The average Bonchev–Trinajstić information content (AvgIpc) is 2.42. The van der Waals surface area contributed by atoms with Crippen LogP contribution < -0.4 is 10.5 Å². The predicted octanol–water partition coefficient (Wildman–Crippen LogP) is 3.57. The van der Waals surface area contributed by atoms with Crippen molar-refractivity contribution in [3.05, 3.63) is 29.8 Å². The van der Waals surface area contributed by atoms with E-state index in [2.05, 4.69) is 0 Å². The summed E-state index contributed by atoms with van der Waals surface area (Å²) in [6, 6.07) is 7.43. The van der Waals surface area contributed by atoms with Gasteiger partial charge in [0.25, 0.3) is 0 Å². The van der Waals surface area contributed by atoms with Crippen LogP contribution in [0.4, 0.5) is 0 Å². The molecular weight excluding hydrogens is 238 g/mol.